The molecule has 28 heavy (non-hydrogen) atoms. The lowest BCUT2D eigenvalue weighted by molar-refractivity contribution is 0.432. The van der Waals surface area contributed by atoms with E-state index in [1.807, 2.05) is 54.6 Å². The van der Waals surface area contributed by atoms with E-state index in [9.17, 15) is 8.42 Å². The van der Waals surface area contributed by atoms with E-state index in [1.165, 1.54) is 6.07 Å². The van der Waals surface area contributed by atoms with E-state index >= 15 is 0 Å². The van der Waals surface area contributed by atoms with Crippen LogP contribution in [0.2, 0.25) is 0 Å². The summed E-state index contributed by atoms with van der Waals surface area (Å²) in [6, 6.07) is 23.9. The van der Waals surface area contributed by atoms with E-state index in [0.29, 0.717) is 23.7 Å². The fourth-order valence-electron chi connectivity index (χ4n) is 2.96. The number of hydrogen-bond donors (Lipinski definition) is 1. The molecule has 0 aliphatic heterocycles. The molecule has 0 fully saturated rings. The molecule has 6 nitrogen and oxygen atoms in total. The Morgan fingerprint density at radius 1 is 0.821 bits per heavy atom. The van der Waals surface area contributed by atoms with Crippen LogP contribution in [-0.2, 0) is 16.4 Å². The fraction of sp³-hybridized carbons (Fsp3) is 0.0476. The van der Waals surface area contributed by atoms with Crippen LogP contribution in [0, 0.1) is 0 Å². The highest BCUT2D eigenvalue weighted by atomic mass is 32.2. The molecular formula is C21H17N3O3S. The van der Waals surface area contributed by atoms with Crippen LogP contribution in [0.1, 0.15) is 11.1 Å². The number of rotatable bonds is 5. The van der Waals surface area contributed by atoms with Crippen molar-refractivity contribution in [1.29, 1.82) is 0 Å². The van der Waals surface area contributed by atoms with Gasteiger partial charge >= 0.3 is 0 Å². The van der Waals surface area contributed by atoms with Crippen molar-refractivity contribution in [3.05, 3.63) is 90.0 Å². The van der Waals surface area contributed by atoms with Gasteiger partial charge in [-0.05, 0) is 35.7 Å². The van der Waals surface area contributed by atoms with Crippen molar-refractivity contribution in [2.75, 3.05) is 0 Å². The van der Waals surface area contributed by atoms with Crippen LogP contribution in [0.3, 0.4) is 0 Å². The summed E-state index contributed by atoms with van der Waals surface area (Å²) in [4.78, 5) is 4.58. The molecule has 0 amide bonds. The molecule has 0 spiro atoms. The summed E-state index contributed by atoms with van der Waals surface area (Å²) in [5.74, 6) is 0.956. The molecule has 1 aromatic heterocycles. The molecular weight excluding hydrogens is 374 g/mol. The van der Waals surface area contributed by atoms with Gasteiger partial charge in [0, 0.05) is 11.1 Å². The first kappa shape index (κ1) is 18.1. The highest BCUT2D eigenvalue weighted by Crippen LogP contribution is 2.24. The van der Waals surface area contributed by atoms with E-state index in [-0.39, 0.29) is 4.90 Å². The number of primary sulfonamides is 1. The summed E-state index contributed by atoms with van der Waals surface area (Å²) < 4.78 is 28.9. The molecule has 0 atom stereocenters. The van der Waals surface area contributed by atoms with E-state index in [2.05, 4.69) is 10.1 Å². The van der Waals surface area contributed by atoms with Crippen LogP contribution in [0.5, 0.6) is 0 Å². The maximum absolute atomic E-state index is 11.8. The molecule has 3 aromatic carbocycles. The lowest BCUT2D eigenvalue weighted by atomic mass is 10.0. The second kappa shape index (κ2) is 7.38. The number of hydrogen-bond acceptors (Lipinski definition) is 5. The third-order valence-corrected chi connectivity index (χ3v) is 5.34. The number of aromatic nitrogens is 2. The SMILES string of the molecule is NS(=O)(=O)c1ccccc1Cc1ccc(-c2nc(-c3ccccc3)no2)cc1. The molecule has 0 aliphatic carbocycles. The lowest BCUT2D eigenvalue weighted by Crippen LogP contribution is -2.14. The highest BCUT2D eigenvalue weighted by molar-refractivity contribution is 7.89. The van der Waals surface area contributed by atoms with Crippen molar-refractivity contribution < 1.29 is 12.9 Å². The van der Waals surface area contributed by atoms with Crippen LogP contribution in [0.25, 0.3) is 22.8 Å². The molecule has 0 radical (unpaired) electrons. The summed E-state index contributed by atoms with van der Waals surface area (Å²) in [5, 5.41) is 9.33. The first-order valence-electron chi connectivity index (χ1n) is 8.60. The van der Waals surface area contributed by atoms with Crippen molar-refractivity contribution in [2.24, 2.45) is 5.14 Å². The summed E-state index contributed by atoms with van der Waals surface area (Å²) in [6.07, 6.45) is 0.450. The number of nitrogens with two attached hydrogens (primary N) is 1. The van der Waals surface area contributed by atoms with Gasteiger partial charge in [-0.2, -0.15) is 4.98 Å². The quantitative estimate of drug-likeness (QED) is 0.560. The third kappa shape index (κ3) is 3.85. The van der Waals surface area contributed by atoms with E-state index < -0.39 is 10.0 Å². The van der Waals surface area contributed by atoms with Crippen LogP contribution in [0.4, 0.5) is 0 Å². The van der Waals surface area contributed by atoms with Crippen molar-refractivity contribution in [3.8, 4) is 22.8 Å². The molecule has 0 bridgehead atoms. The van der Waals surface area contributed by atoms with Gasteiger partial charge < -0.3 is 4.52 Å². The Morgan fingerprint density at radius 2 is 1.50 bits per heavy atom. The monoisotopic (exact) mass is 391 g/mol. The molecule has 2 N–H and O–H groups in total. The van der Waals surface area contributed by atoms with E-state index in [1.54, 1.807) is 18.2 Å². The van der Waals surface area contributed by atoms with Gasteiger partial charge in [0.2, 0.25) is 15.8 Å². The highest BCUT2D eigenvalue weighted by Gasteiger charge is 2.14. The standard InChI is InChI=1S/C21H17N3O3S/c22-28(25,26)19-9-5-4-8-18(19)14-15-10-12-17(13-11-15)21-23-20(24-27-21)16-6-2-1-3-7-16/h1-13H,14H2,(H2,22,25,26). The average molecular weight is 391 g/mol. The Bertz CT molecular complexity index is 1200. The number of nitrogens with zero attached hydrogens (tertiary/aromatic N) is 2. The number of benzene rings is 3. The second-order valence-corrected chi connectivity index (χ2v) is 7.85. The Labute approximate surface area is 162 Å². The number of sulfonamides is 1. The van der Waals surface area contributed by atoms with Crippen molar-refractivity contribution in [3.63, 3.8) is 0 Å². The summed E-state index contributed by atoms with van der Waals surface area (Å²) in [6.45, 7) is 0. The molecule has 0 saturated carbocycles. The van der Waals surface area contributed by atoms with Crippen LogP contribution >= 0.6 is 0 Å². The van der Waals surface area contributed by atoms with Gasteiger partial charge in [-0.25, -0.2) is 13.6 Å². The summed E-state index contributed by atoms with van der Waals surface area (Å²) in [7, 11) is -3.76. The maximum atomic E-state index is 11.8. The molecule has 7 heteroatoms. The lowest BCUT2D eigenvalue weighted by Gasteiger charge is -2.08. The molecule has 4 rings (SSSR count). The second-order valence-electron chi connectivity index (χ2n) is 6.32. The Balaban J connectivity index is 1.57. The van der Waals surface area contributed by atoms with Gasteiger partial charge in [0.25, 0.3) is 5.89 Å². The van der Waals surface area contributed by atoms with Crippen LogP contribution in [-0.4, -0.2) is 18.6 Å². The van der Waals surface area contributed by atoms with Gasteiger partial charge in [-0.15, -0.1) is 0 Å². The van der Waals surface area contributed by atoms with Crippen molar-refractivity contribution in [2.45, 2.75) is 11.3 Å². The fourth-order valence-corrected chi connectivity index (χ4v) is 3.73. The van der Waals surface area contributed by atoms with Gasteiger partial charge in [0.05, 0.1) is 4.90 Å². The molecule has 0 saturated heterocycles. The average Bonchev–Trinajstić information content (AvgIpc) is 3.19. The third-order valence-electron chi connectivity index (χ3n) is 4.33. The molecule has 140 valence electrons. The van der Waals surface area contributed by atoms with Crippen LogP contribution < -0.4 is 5.14 Å². The predicted octanol–water partition coefficient (Wildman–Crippen LogP) is 3.64. The minimum Gasteiger partial charge on any atom is -0.334 e. The first-order chi connectivity index (χ1) is 13.5. The minimum atomic E-state index is -3.76. The van der Waals surface area contributed by atoms with E-state index in [4.69, 9.17) is 9.66 Å². The van der Waals surface area contributed by atoms with E-state index in [0.717, 1.165) is 16.7 Å². The first-order valence-corrected chi connectivity index (χ1v) is 10.1. The summed E-state index contributed by atoms with van der Waals surface area (Å²) in [5.41, 5.74) is 3.27. The maximum Gasteiger partial charge on any atom is 0.258 e. The summed E-state index contributed by atoms with van der Waals surface area (Å²) >= 11 is 0. The van der Waals surface area contributed by atoms with Crippen LogP contribution in [0.15, 0.2) is 88.3 Å². The molecule has 0 aliphatic rings. The van der Waals surface area contributed by atoms with Gasteiger partial charge in [-0.3, -0.25) is 0 Å². The Morgan fingerprint density at radius 3 is 2.21 bits per heavy atom. The zero-order valence-electron chi connectivity index (χ0n) is 14.8. The zero-order chi connectivity index (χ0) is 19.6. The Hall–Kier alpha value is -3.29. The predicted molar refractivity (Wildman–Crippen MR) is 106 cm³/mol. The van der Waals surface area contributed by atoms with Gasteiger partial charge in [0.15, 0.2) is 0 Å². The van der Waals surface area contributed by atoms with Crippen molar-refractivity contribution in [1.82, 2.24) is 10.1 Å². The normalized spacial score (nSPS) is 11.5. The van der Waals surface area contributed by atoms with Crippen molar-refractivity contribution >= 4 is 10.0 Å². The smallest absolute Gasteiger partial charge is 0.258 e. The largest absolute Gasteiger partial charge is 0.334 e. The van der Waals surface area contributed by atoms with Gasteiger partial charge in [-0.1, -0.05) is 65.8 Å². The minimum absolute atomic E-state index is 0.142. The van der Waals surface area contributed by atoms with Gasteiger partial charge in [0.1, 0.15) is 0 Å². The molecule has 1 heterocycles. The topological polar surface area (TPSA) is 99.1 Å². The molecule has 4 aromatic rings. The zero-order valence-corrected chi connectivity index (χ0v) is 15.6. The Kier molecular flexibility index (Phi) is 4.77. The molecule has 0 unspecified atom stereocenters.